The molecular weight excluding hydrogens is 312 g/mol. The first-order valence-electron chi connectivity index (χ1n) is 6.80. The third kappa shape index (κ3) is 3.22. The molecule has 106 valence electrons. The summed E-state index contributed by atoms with van der Waals surface area (Å²) in [4.78, 5) is 2.24. The Bertz CT molecular complexity index is 595. The summed E-state index contributed by atoms with van der Waals surface area (Å²) >= 11 is 3.56. The first-order chi connectivity index (χ1) is 9.52. The summed E-state index contributed by atoms with van der Waals surface area (Å²) in [6.07, 6.45) is 0. The van der Waals surface area contributed by atoms with Crippen LogP contribution in [0.3, 0.4) is 0 Å². The van der Waals surface area contributed by atoms with Gasteiger partial charge < -0.3 is 10.2 Å². The van der Waals surface area contributed by atoms with E-state index in [9.17, 15) is 0 Å². The zero-order chi connectivity index (χ0) is 14.7. The molecule has 0 aliphatic rings. The molecule has 1 atom stereocenters. The van der Waals surface area contributed by atoms with Crippen LogP contribution >= 0.6 is 15.9 Å². The fourth-order valence-corrected chi connectivity index (χ4v) is 2.69. The smallest absolute Gasteiger partial charge is 0.0457 e. The van der Waals surface area contributed by atoms with E-state index in [1.165, 1.54) is 22.5 Å². The van der Waals surface area contributed by atoms with Gasteiger partial charge in [0.05, 0.1) is 0 Å². The Labute approximate surface area is 129 Å². The van der Waals surface area contributed by atoms with Crippen LogP contribution < -0.4 is 10.2 Å². The van der Waals surface area contributed by atoms with Gasteiger partial charge >= 0.3 is 0 Å². The quantitative estimate of drug-likeness (QED) is 0.864. The SMILES string of the molecule is CNC(C)c1cc(Br)ccc1N(C)c1cccc(C)c1. The number of rotatable bonds is 4. The molecule has 2 aromatic carbocycles. The molecule has 0 aromatic heterocycles. The summed E-state index contributed by atoms with van der Waals surface area (Å²) in [6, 6.07) is 15.3. The van der Waals surface area contributed by atoms with Crippen LogP contribution in [0, 0.1) is 6.92 Å². The second-order valence-electron chi connectivity index (χ2n) is 5.11. The lowest BCUT2D eigenvalue weighted by Gasteiger charge is -2.25. The fraction of sp³-hybridized carbons (Fsp3) is 0.294. The minimum absolute atomic E-state index is 0.301. The molecule has 2 rings (SSSR count). The molecule has 0 aliphatic carbocycles. The first kappa shape index (κ1) is 15.1. The lowest BCUT2D eigenvalue weighted by atomic mass is 10.0. The van der Waals surface area contributed by atoms with Crippen LogP contribution in [0.4, 0.5) is 11.4 Å². The number of nitrogens with one attached hydrogen (secondary N) is 1. The van der Waals surface area contributed by atoms with E-state index in [4.69, 9.17) is 0 Å². The van der Waals surface area contributed by atoms with Gasteiger partial charge in [0.15, 0.2) is 0 Å². The van der Waals surface area contributed by atoms with Crippen molar-refractivity contribution in [3.05, 3.63) is 58.1 Å². The van der Waals surface area contributed by atoms with Gasteiger partial charge in [-0.15, -0.1) is 0 Å². The summed E-state index contributed by atoms with van der Waals surface area (Å²) in [5.41, 5.74) is 4.98. The molecule has 1 N–H and O–H groups in total. The van der Waals surface area contributed by atoms with E-state index in [-0.39, 0.29) is 0 Å². The summed E-state index contributed by atoms with van der Waals surface area (Å²) in [5, 5.41) is 3.32. The van der Waals surface area contributed by atoms with E-state index >= 15 is 0 Å². The van der Waals surface area contributed by atoms with Crippen molar-refractivity contribution in [1.82, 2.24) is 5.32 Å². The molecule has 0 radical (unpaired) electrons. The maximum Gasteiger partial charge on any atom is 0.0457 e. The van der Waals surface area contributed by atoms with Crippen molar-refractivity contribution in [3.8, 4) is 0 Å². The highest BCUT2D eigenvalue weighted by molar-refractivity contribution is 9.10. The van der Waals surface area contributed by atoms with E-state index in [2.05, 4.69) is 89.5 Å². The largest absolute Gasteiger partial charge is 0.344 e. The number of hydrogen-bond acceptors (Lipinski definition) is 2. The van der Waals surface area contributed by atoms with Gasteiger partial charge in [-0.25, -0.2) is 0 Å². The number of anilines is 2. The maximum atomic E-state index is 3.56. The number of benzene rings is 2. The second-order valence-corrected chi connectivity index (χ2v) is 6.03. The Balaban J connectivity index is 2.46. The second kappa shape index (κ2) is 6.42. The van der Waals surface area contributed by atoms with E-state index in [0.717, 1.165) is 4.47 Å². The van der Waals surface area contributed by atoms with E-state index in [0.29, 0.717) is 6.04 Å². The maximum absolute atomic E-state index is 3.56. The topological polar surface area (TPSA) is 15.3 Å². The van der Waals surface area contributed by atoms with Crippen molar-refractivity contribution in [2.45, 2.75) is 19.9 Å². The number of nitrogens with zero attached hydrogens (tertiary/aromatic N) is 1. The van der Waals surface area contributed by atoms with Crippen molar-refractivity contribution >= 4 is 27.3 Å². The minimum Gasteiger partial charge on any atom is -0.344 e. The molecule has 0 fully saturated rings. The van der Waals surface area contributed by atoms with Gasteiger partial charge in [-0.2, -0.15) is 0 Å². The third-order valence-corrected chi connectivity index (χ3v) is 4.13. The Morgan fingerprint density at radius 2 is 1.90 bits per heavy atom. The molecule has 0 amide bonds. The predicted octanol–water partition coefficient (Wildman–Crippen LogP) is 4.81. The third-order valence-electron chi connectivity index (χ3n) is 3.64. The molecule has 0 bridgehead atoms. The number of aryl methyl sites for hydroxylation is 1. The first-order valence-corrected chi connectivity index (χ1v) is 7.59. The normalized spacial score (nSPS) is 12.2. The minimum atomic E-state index is 0.301. The molecule has 0 saturated heterocycles. The number of hydrogen-bond donors (Lipinski definition) is 1. The van der Waals surface area contributed by atoms with Gasteiger partial charge in [-0.1, -0.05) is 28.1 Å². The van der Waals surface area contributed by atoms with Gasteiger partial charge in [0, 0.05) is 28.9 Å². The highest BCUT2D eigenvalue weighted by Gasteiger charge is 2.14. The van der Waals surface area contributed by atoms with Crippen LogP contribution in [-0.4, -0.2) is 14.1 Å². The van der Waals surface area contributed by atoms with Crippen LogP contribution in [0.2, 0.25) is 0 Å². The Hall–Kier alpha value is -1.32. The highest BCUT2D eigenvalue weighted by atomic mass is 79.9. The van der Waals surface area contributed by atoms with Crippen molar-refractivity contribution in [2.75, 3.05) is 19.0 Å². The van der Waals surface area contributed by atoms with Gasteiger partial charge in [0.2, 0.25) is 0 Å². The molecule has 0 saturated carbocycles. The van der Waals surface area contributed by atoms with Gasteiger partial charge in [0.25, 0.3) is 0 Å². The standard InChI is InChI=1S/C17H21BrN2/c1-12-6-5-7-15(10-12)20(4)17-9-8-14(18)11-16(17)13(2)19-3/h5-11,13,19H,1-4H3. The summed E-state index contributed by atoms with van der Waals surface area (Å²) in [7, 11) is 4.10. The van der Waals surface area contributed by atoms with Crippen molar-refractivity contribution in [1.29, 1.82) is 0 Å². The molecule has 2 nitrogen and oxygen atoms in total. The Kier molecular flexibility index (Phi) is 4.84. The monoisotopic (exact) mass is 332 g/mol. The molecular formula is C17H21BrN2. The van der Waals surface area contributed by atoms with E-state index in [1.807, 2.05) is 7.05 Å². The summed E-state index contributed by atoms with van der Waals surface area (Å²) in [6.45, 7) is 4.30. The van der Waals surface area contributed by atoms with Crippen LogP contribution in [0.1, 0.15) is 24.1 Å². The predicted molar refractivity (Wildman–Crippen MR) is 90.9 cm³/mol. The van der Waals surface area contributed by atoms with E-state index in [1.54, 1.807) is 0 Å². The van der Waals surface area contributed by atoms with Gasteiger partial charge in [-0.05, 0) is 62.4 Å². The van der Waals surface area contributed by atoms with Crippen LogP contribution in [-0.2, 0) is 0 Å². The summed E-state index contributed by atoms with van der Waals surface area (Å²) in [5.74, 6) is 0. The Morgan fingerprint density at radius 1 is 1.15 bits per heavy atom. The van der Waals surface area contributed by atoms with E-state index < -0.39 is 0 Å². The van der Waals surface area contributed by atoms with Crippen LogP contribution in [0.5, 0.6) is 0 Å². The molecule has 20 heavy (non-hydrogen) atoms. The van der Waals surface area contributed by atoms with Crippen LogP contribution in [0.15, 0.2) is 46.9 Å². The lowest BCUT2D eigenvalue weighted by molar-refractivity contribution is 0.652. The fourth-order valence-electron chi connectivity index (χ4n) is 2.31. The summed E-state index contributed by atoms with van der Waals surface area (Å²) < 4.78 is 1.11. The molecule has 0 aliphatic heterocycles. The Morgan fingerprint density at radius 3 is 2.55 bits per heavy atom. The van der Waals surface area contributed by atoms with Gasteiger partial charge in [-0.3, -0.25) is 0 Å². The van der Waals surface area contributed by atoms with Crippen molar-refractivity contribution < 1.29 is 0 Å². The van der Waals surface area contributed by atoms with Crippen molar-refractivity contribution in [3.63, 3.8) is 0 Å². The zero-order valence-electron chi connectivity index (χ0n) is 12.4. The van der Waals surface area contributed by atoms with Crippen LogP contribution in [0.25, 0.3) is 0 Å². The molecule has 0 spiro atoms. The molecule has 0 heterocycles. The highest BCUT2D eigenvalue weighted by Crippen LogP contribution is 2.33. The molecule has 2 aromatic rings. The lowest BCUT2D eigenvalue weighted by Crippen LogP contribution is -2.18. The average Bonchev–Trinajstić information content (AvgIpc) is 2.45. The van der Waals surface area contributed by atoms with Crippen molar-refractivity contribution in [2.24, 2.45) is 0 Å². The average molecular weight is 333 g/mol. The van der Waals surface area contributed by atoms with Gasteiger partial charge in [0.1, 0.15) is 0 Å². The molecule has 3 heteroatoms. The molecule has 1 unspecified atom stereocenters. The number of halogens is 1. The zero-order valence-corrected chi connectivity index (χ0v) is 14.0.